The lowest BCUT2D eigenvalue weighted by Gasteiger charge is -2.03. The van der Waals surface area contributed by atoms with Crippen LogP contribution in [0.3, 0.4) is 0 Å². The van der Waals surface area contributed by atoms with E-state index < -0.39 is 5.97 Å². The van der Waals surface area contributed by atoms with Gasteiger partial charge in [0.25, 0.3) is 0 Å². The molecule has 0 radical (unpaired) electrons. The van der Waals surface area contributed by atoms with Crippen molar-refractivity contribution in [2.45, 2.75) is 25.2 Å². The fraction of sp³-hybridized carbons (Fsp3) is 0.400. The zero-order chi connectivity index (χ0) is 9.26. The molecule has 1 saturated carbocycles. The van der Waals surface area contributed by atoms with Crippen molar-refractivity contribution in [1.82, 2.24) is 4.98 Å². The Morgan fingerprint density at radius 1 is 1.62 bits per heavy atom. The van der Waals surface area contributed by atoms with E-state index >= 15 is 0 Å². The van der Waals surface area contributed by atoms with Crippen molar-refractivity contribution < 1.29 is 9.90 Å². The highest BCUT2D eigenvalue weighted by Crippen LogP contribution is 2.41. The number of aliphatic carboxylic acids is 1. The van der Waals surface area contributed by atoms with Crippen LogP contribution in [0.15, 0.2) is 18.3 Å². The number of carboxylic acids is 1. The maximum atomic E-state index is 10.5. The molecule has 68 valence electrons. The molecule has 1 fully saturated rings. The number of hydrogen-bond donors (Lipinski definition) is 1. The molecule has 1 aliphatic rings. The van der Waals surface area contributed by atoms with Crippen molar-refractivity contribution in [3.05, 3.63) is 29.6 Å². The summed E-state index contributed by atoms with van der Waals surface area (Å²) < 4.78 is 0. The number of hydrogen-bond acceptors (Lipinski definition) is 2. The smallest absolute Gasteiger partial charge is 0.309 e. The summed E-state index contributed by atoms with van der Waals surface area (Å²) in [4.78, 5) is 14.6. The Morgan fingerprint density at radius 2 is 2.38 bits per heavy atom. The number of carboxylic acid groups (broad SMARTS) is 1. The first-order valence-corrected chi connectivity index (χ1v) is 4.43. The van der Waals surface area contributed by atoms with Gasteiger partial charge in [-0.25, -0.2) is 0 Å². The van der Waals surface area contributed by atoms with E-state index in [9.17, 15) is 4.79 Å². The molecule has 3 nitrogen and oxygen atoms in total. The molecule has 13 heavy (non-hydrogen) atoms. The quantitative estimate of drug-likeness (QED) is 0.762. The Morgan fingerprint density at radius 3 is 3.00 bits per heavy atom. The molecule has 0 atom stereocenters. The van der Waals surface area contributed by atoms with Crippen LogP contribution in [-0.4, -0.2) is 16.1 Å². The second-order valence-electron chi connectivity index (χ2n) is 3.38. The second-order valence-corrected chi connectivity index (χ2v) is 3.38. The van der Waals surface area contributed by atoms with Gasteiger partial charge in [0, 0.05) is 6.20 Å². The predicted molar refractivity (Wildman–Crippen MR) is 47.6 cm³/mol. The molecule has 0 aromatic carbocycles. The highest BCUT2D eigenvalue weighted by atomic mass is 16.4. The van der Waals surface area contributed by atoms with Gasteiger partial charge in [0.15, 0.2) is 0 Å². The first kappa shape index (κ1) is 8.23. The molecule has 1 heterocycles. The number of nitrogens with zero attached hydrogens (tertiary/aromatic N) is 1. The van der Waals surface area contributed by atoms with E-state index in [1.807, 2.05) is 12.1 Å². The van der Waals surface area contributed by atoms with Gasteiger partial charge in [-0.05, 0) is 30.4 Å². The van der Waals surface area contributed by atoms with E-state index in [0.29, 0.717) is 5.92 Å². The SMILES string of the molecule is O=C(O)Cc1ncccc1C1CC1. The zero-order valence-corrected chi connectivity index (χ0v) is 7.23. The largest absolute Gasteiger partial charge is 0.481 e. The van der Waals surface area contributed by atoms with Gasteiger partial charge >= 0.3 is 5.97 Å². The van der Waals surface area contributed by atoms with Crippen LogP contribution in [0.1, 0.15) is 30.0 Å². The van der Waals surface area contributed by atoms with Crippen molar-refractivity contribution in [3.63, 3.8) is 0 Å². The summed E-state index contributed by atoms with van der Waals surface area (Å²) in [7, 11) is 0. The van der Waals surface area contributed by atoms with E-state index in [4.69, 9.17) is 5.11 Å². The number of aromatic nitrogens is 1. The van der Waals surface area contributed by atoms with E-state index in [0.717, 1.165) is 11.3 Å². The van der Waals surface area contributed by atoms with Crippen LogP contribution in [0.25, 0.3) is 0 Å². The van der Waals surface area contributed by atoms with Gasteiger partial charge in [0.1, 0.15) is 0 Å². The third-order valence-corrected chi connectivity index (χ3v) is 2.26. The summed E-state index contributed by atoms with van der Waals surface area (Å²) in [5.41, 5.74) is 1.86. The second kappa shape index (κ2) is 3.17. The van der Waals surface area contributed by atoms with E-state index in [1.54, 1.807) is 6.20 Å². The summed E-state index contributed by atoms with van der Waals surface area (Å²) in [6, 6.07) is 3.86. The lowest BCUT2D eigenvalue weighted by Crippen LogP contribution is -2.05. The van der Waals surface area contributed by atoms with Crippen LogP contribution < -0.4 is 0 Å². The molecule has 0 spiro atoms. The third-order valence-electron chi connectivity index (χ3n) is 2.26. The molecule has 2 rings (SSSR count). The molecule has 1 aliphatic carbocycles. The summed E-state index contributed by atoms with van der Waals surface area (Å²) >= 11 is 0. The fourth-order valence-corrected chi connectivity index (χ4v) is 1.51. The van der Waals surface area contributed by atoms with E-state index in [-0.39, 0.29) is 6.42 Å². The Bertz CT molecular complexity index is 331. The van der Waals surface area contributed by atoms with Crippen LogP contribution in [0.5, 0.6) is 0 Å². The molecule has 0 aliphatic heterocycles. The Hall–Kier alpha value is -1.38. The van der Waals surface area contributed by atoms with E-state index in [1.165, 1.54) is 12.8 Å². The lowest BCUT2D eigenvalue weighted by atomic mass is 10.1. The van der Waals surface area contributed by atoms with Gasteiger partial charge in [-0.15, -0.1) is 0 Å². The predicted octanol–water partition coefficient (Wildman–Crippen LogP) is 1.59. The molecule has 1 aromatic rings. The maximum Gasteiger partial charge on any atom is 0.309 e. The molecule has 0 amide bonds. The van der Waals surface area contributed by atoms with Crippen LogP contribution >= 0.6 is 0 Å². The highest BCUT2D eigenvalue weighted by Gasteiger charge is 2.26. The summed E-state index contributed by atoms with van der Waals surface area (Å²) in [5, 5.41) is 8.65. The van der Waals surface area contributed by atoms with Crippen molar-refractivity contribution in [1.29, 1.82) is 0 Å². The number of carbonyl (C=O) groups is 1. The first-order chi connectivity index (χ1) is 6.27. The summed E-state index contributed by atoms with van der Waals surface area (Å²) in [5.74, 6) is -0.233. The number of rotatable bonds is 3. The molecule has 0 bridgehead atoms. The topological polar surface area (TPSA) is 50.2 Å². The molecule has 1 aromatic heterocycles. The molecule has 1 N–H and O–H groups in total. The first-order valence-electron chi connectivity index (χ1n) is 4.43. The van der Waals surface area contributed by atoms with Gasteiger partial charge in [-0.1, -0.05) is 6.07 Å². The summed E-state index contributed by atoms with van der Waals surface area (Å²) in [6.07, 6.45) is 4.06. The van der Waals surface area contributed by atoms with Crippen molar-refractivity contribution in [3.8, 4) is 0 Å². The Kier molecular flexibility index (Phi) is 2.00. The Balaban J connectivity index is 2.26. The van der Waals surface area contributed by atoms with Gasteiger partial charge in [0.2, 0.25) is 0 Å². The average Bonchev–Trinajstić information content (AvgIpc) is 2.87. The highest BCUT2D eigenvalue weighted by molar-refractivity contribution is 5.70. The monoisotopic (exact) mass is 177 g/mol. The van der Waals surface area contributed by atoms with Crippen LogP contribution in [0, 0.1) is 0 Å². The maximum absolute atomic E-state index is 10.5. The molecular formula is C10H11NO2. The molecule has 0 saturated heterocycles. The fourth-order valence-electron chi connectivity index (χ4n) is 1.51. The third kappa shape index (κ3) is 1.86. The molecular weight excluding hydrogens is 166 g/mol. The van der Waals surface area contributed by atoms with Crippen molar-refractivity contribution in [2.24, 2.45) is 0 Å². The minimum Gasteiger partial charge on any atom is -0.481 e. The van der Waals surface area contributed by atoms with Crippen LogP contribution in [0.4, 0.5) is 0 Å². The van der Waals surface area contributed by atoms with Crippen LogP contribution in [-0.2, 0) is 11.2 Å². The minimum atomic E-state index is -0.805. The van der Waals surface area contributed by atoms with Crippen molar-refractivity contribution in [2.75, 3.05) is 0 Å². The van der Waals surface area contributed by atoms with Gasteiger partial charge in [-0.3, -0.25) is 9.78 Å². The van der Waals surface area contributed by atoms with Crippen LogP contribution in [0.2, 0.25) is 0 Å². The van der Waals surface area contributed by atoms with E-state index in [2.05, 4.69) is 4.98 Å². The lowest BCUT2D eigenvalue weighted by molar-refractivity contribution is -0.136. The normalized spacial score (nSPS) is 15.7. The number of pyridine rings is 1. The minimum absolute atomic E-state index is 0.0483. The summed E-state index contributed by atoms with van der Waals surface area (Å²) in [6.45, 7) is 0. The average molecular weight is 177 g/mol. The van der Waals surface area contributed by atoms with Crippen molar-refractivity contribution >= 4 is 5.97 Å². The Labute approximate surface area is 76.4 Å². The van der Waals surface area contributed by atoms with Gasteiger partial charge in [-0.2, -0.15) is 0 Å². The zero-order valence-electron chi connectivity index (χ0n) is 7.23. The molecule has 3 heteroatoms. The standard InChI is InChI=1S/C10H11NO2/c12-10(13)6-9-8(7-3-4-7)2-1-5-11-9/h1-2,5,7H,3-4,6H2,(H,12,13). The molecule has 0 unspecified atom stereocenters. The van der Waals surface area contributed by atoms with Gasteiger partial charge in [0.05, 0.1) is 12.1 Å². The van der Waals surface area contributed by atoms with Gasteiger partial charge < -0.3 is 5.11 Å².